The maximum Gasteiger partial charge on any atom is 0.340 e. The third kappa shape index (κ3) is 2.42. The van der Waals surface area contributed by atoms with Crippen LogP contribution in [0.2, 0.25) is 0 Å². The van der Waals surface area contributed by atoms with E-state index in [4.69, 9.17) is 0 Å². The summed E-state index contributed by atoms with van der Waals surface area (Å²) in [7, 11) is 0. The molecule has 1 heterocycles. The normalized spacial score (nSPS) is 17.2. The van der Waals surface area contributed by atoms with Gasteiger partial charge in [0.2, 0.25) is 5.91 Å². The Morgan fingerprint density at radius 3 is 3.05 bits per heavy atom. The molecular formula is C13H14N4O2. The quantitative estimate of drug-likeness (QED) is 0.746. The fraction of sp³-hybridized carbons (Fsp3) is 0.308. The Balaban J connectivity index is 1.66. The van der Waals surface area contributed by atoms with Crippen molar-refractivity contribution in [1.82, 2.24) is 20.5 Å². The molecular weight excluding hydrogens is 244 g/mol. The standard InChI is InChI=1S/C13H14N4O2/c18-12(7-11-15-13(19)17-16-11)14-10-6-5-8-3-1-2-4-9(8)10/h1-4,10H,5-7H2,(H,14,18)(H2,15,16,17,19). The van der Waals surface area contributed by atoms with Gasteiger partial charge in [-0.05, 0) is 24.0 Å². The van der Waals surface area contributed by atoms with Crippen molar-refractivity contribution in [2.24, 2.45) is 0 Å². The molecule has 0 spiro atoms. The fourth-order valence-corrected chi connectivity index (χ4v) is 2.49. The second-order valence-electron chi connectivity index (χ2n) is 4.66. The molecule has 0 radical (unpaired) electrons. The Morgan fingerprint density at radius 1 is 1.42 bits per heavy atom. The van der Waals surface area contributed by atoms with E-state index < -0.39 is 5.69 Å². The molecule has 0 saturated heterocycles. The van der Waals surface area contributed by atoms with E-state index in [0.717, 1.165) is 12.8 Å². The minimum atomic E-state index is -0.394. The summed E-state index contributed by atoms with van der Waals surface area (Å²) in [4.78, 5) is 25.2. The number of amides is 1. The van der Waals surface area contributed by atoms with E-state index in [2.05, 4.69) is 26.6 Å². The molecule has 98 valence electrons. The number of benzene rings is 1. The first-order chi connectivity index (χ1) is 9.22. The molecule has 1 aromatic carbocycles. The first-order valence-electron chi connectivity index (χ1n) is 6.23. The van der Waals surface area contributed by atoms with Gasteiger partial charge in [0, 0.05) is 0 Å². The zero-order chi connectivity index (χ0) is 13.2. The highest BCUT2D eigenvalue weighted by atomic mass is 16.2. The van der Waals surface area contributed by atoms with Crippen molar-refractivity contribution in [3.05, 3.63) is 51.7 Å². The molecule has 3 N–H and O–H groups in total. The topological polar surface area (TPSA) is 90.6 Å². The average molecular weight is 258 g/mol. The van der Waals surface area contributed by atoms with Gasteiger partial charge in [0.05, 0.1) is 12.5 Å². The number of hydrogen-bond donors (Lipinski definition) is 3. The number of carbonyl (C=O) groups is 1. The van der Waals surface area contributed by atoms with Crippen molar-refractivity contribution < 1.29 is 4.79 Å². The molecule has 3 rings (SSSR count). The molecule has 1 aromatic heterocycles. The van der Waals surface area contributed by atoms with Gasteiger partial charge in [-0.2, -0.15) is 5.10 Å². The van der Waals surface area contributed by atoms with Gasteiger partial charge in [-0.15, -0.1) is 0 Å². The largest absolute Gasteiger partial charge is 0.349 e. The minimum absolute atomic E-state index is 0.0642. The second kappa shape index (κ2) is 4.72. The molecule has 1 aliphatic carbocycles. The van der Waals surface area contributed by atoms with Crippen LogP contribution < -0.4 is 11.0 Å². The van der Waals surface area contributed by atoms with Gasteiger partial charge in [-0.25, -0.2) is 9.89 Å². The van der Waals surface area contributed by atoms with Crippen LogP contribution in [-0.2, 0) is 17.6 Å². The summed E-state index contributed by atoms with van der Waals surface area (Å²) in [6.07, 6.45) is 1.99. The Labute approximate surface area is 109 Å². The number of aryl methyl sites for hydroxylation is 1. The number of nitrogens with zero attached hydrogens (tertiary/aromatic N) is 1. The lowest BCUT2D eigenvalue weighted by molar-refractivity contribution is -0.121. The highest BCUT2D eigenvalue weighted by Gasteiger charge is 2.23. The van der Waals surface area contributed by atoms with Gasteiger partial charge in [-0.3, -0.25) is 9.78 Å². The van der Waals surface area contributed by atoms with E-state index in [0.29, 0.717) is 5.82 Å². The van der Waals surface area contributed by atoms with Gasteiger partial charge in [0.25, 0.3) is 0 Å². The SMILES string of the molecule is O=C(Cc1n[nH]c(=O)[nH]1)NC1CCc2ccccc21. The van der Waals surface area contributed by atoms with Crippen LogP contribution in [0.4, 0.5) is 0 Å². The molecule has 19 heavy (non-hydrogen) atoms. The predicted molar refractivity (Wildman–Crippen MR) is 68.6 cm³/mol. The van der Waals surface area contributed by atoms with Crippen LogP contribution in [0.1, 0.15) is 29.4 Å². The number of aromatic nitrogens is 3. The molecule has 1 amide bonds. The van der Waals surface area contributed by atoms with Crippen molar-refractivity contribution in [2.45, 2.75) is 25.3 Å². The lowest BCUT2D eigenvalue weighted by atomic mass is 10.1. The van der Waals surface area contributed by atoms with Crippen LogP contribution in [0, 0.1) is 0 Å². The number of rotatable bonds is 3. The highest BCUT2D eigenvalue weighted by Crippen LogP contribution is 2.30. The van der Waals surface area contributed by atoms with E-state index >= 15 is 0 Å². The molecule has 0 fully saturated rings. The van der Waals surface area contributed by atoms with E-state index in [-0.39, 0.29) is 18.4 Å². The summed E-state index contributed by atoms with van der Waals surface area (Å²) in [6, 6.07) is 8.19. The third-order valence-corrected chi connectivity index (χ3v) is 3.35. The average Bonchev–Trinajstić information content (AvgIpc) is 2.97. The van der Waals surface area contributed by atoms with Gasteiger partial charge >= 0.3 is 5.69 Å². The predicted octanol–water partition coefficient (Wildman–Crippen LogP) is 0.444. The van der Waals surface area contributed by atoms with Crippen LogP contribution in [0.5, 0.6) is 0 Å². The van der Waals surface area contributed by atoms with Crippen LogP contribution in [-0.4, -0.2) is 21.1 Å². The summed E-state index contributed by atoms with van der Waals surface area (Å²) in [5.41, 5.74) is 2.08. The van der Waals surface area contributed by atoms with Crippen molar-refractivity contribution >= 4 is 5.91 Å². The highest BCUT2D eigenvalue weighted by molar-refractivity contribution is 5.78. The second-order valence-corrected chi connectivity index (χ2v) is 4.66. The monoisotopic (exact) mass is 258 g/mol. The Hall–Kier alpha value is -2.37. The van der Waals surface area contributed by atoms with Crippen molar-refractivity contribution in [3.63, 3.8) is 0 Å². The first-order valence-corrected chi connectivity index (χ1v) is 6.23. The van der Waals surface area contributed by atoms with Crippen LogP contribution in [0.3, 0.4) is 0 Å². The van der Waals surface area contributed by atoms with Crippen molar-refractivity contribution in [3.8, 4) is 0 Å². The maximum absolute atomic E-state index is 11.9. The van der Waals surface area contributed by atoms with Gasteiger partial charge in [0.1, 0.15) is 5.82 Å². The van der Waals surface area contributed by atoms with E-state index in [1.54, 1.807) is 0 Å². The number of carbonyl (C=O) groups excluding carboxylic acids is 1. The number of H-pyrrole nitrogens is 2. The molecule has 0 aliphatic heterocycles. The van der Waals surface area contributed by atoms with E-state index in [1.807, 2.05) is 18.2 Å². The zero-order valence-electron chi connectivity index (χ0n) is 10.3. The van der Waals surface area contributed by atoms with Crippen molar-refractivity contribution in [1.29, 1.82) is 0 Å². The number of nitrogens with one attached hydrogen (secondary N) is 3. The summed E-state index contributed by atoms with van der Waals surface area (Å²) in [5.74, 6) is 0.221. The van der Waals surface area contributed by atoms with Gasteiger partial charge in [-0.1, -0.05) is 24.3 Å². The zero-order valence-corrected chi connectivity index (χ0v) is 10.3. The number of fused-ring (bicyclic) bond motifs is 1. The molecule has 1 aliphatic rings. The molecule has 2 aromatic rings. The van der Waals surface area contributed by atoms with E-state index in [9.17, 15) is 9.59 Å². The summed E-state index contributed by atoms with van der Waals surface area (Å²) in [5, 5.41) is 8.94. The molecule has 0 saturated carbocycles. The fourth-order valence-electron chi connectivity index (χ4n) is 2.49. The van der Waals surface area contributed by atoms with Crippen LogP contribution in [0.15, 0.2) is 29.1 Å². The lowest BCUT2D eigenvalue weighted by Gasteiger charge is -2.13. The molecule has 1 atom stereocenters. The number of aromatic amines is 2. The lowest BCUT2D eigenvalue weighted by Crippen LogP contribution is -2.29. The maximum atomic E-state index is 11.9. The molecule has 6 heteroatoms. The number of hydrogen-bond acceptors (Lipinski definition) is 3. The minimum Gasteiger partial charge on any atom is -0.349 e. The van der Waals surface area contributed by atoms with E-state index in [1.165, 1.54) is 11.1 Å². The Kier molecular flexibility index (Phi) is 2.91. The van der Waals surface area contributed by atoms with Crippen molar-refractivity contribution in [2.75, 3.05) is 0 Å². The van der Waals surface area contributed by atoms with Gasteiger partial charge < -0.3 is 5.32 Å². The third-order valence-electron chi connectivity index (χ3n) is 3.35. The molecule has 1 unspecified atom stereocenters. The first kappa shape index (κ1) is 11.7. The summed E-state index contributed by atoms with van der Waals surface area (Å²) in [6.45, 7) is 0. The van der Waals surface area contributed by atoms with Gasteiger partial charge in [0.15, 0.2) is 0 Å². The van der Waals surface area contributed by atoms with Crippen LogP contribution in [0.25, 0.3) is 0 Å². The summed E-state index contributed by atoms with van der Waals surface area (Å²) >= 11 is 0. The Morgan fingerprint density at radius 2 is 2.26 bits per heavy atom. The summed E-state index contributed by atoms with van der Waals surface area (Å²) < 4.78 is 0. The Bertz CT molecular complexity index is 658. The smallest absolute Gasteiger partial charge is 0.340 e. The molecule has 0 bridgehead atoms. The molecule has 6 nitrogen and oxygen atoms in total. The van der Waals surface area contributed by atoms with Crippen LogP contribution >= 0.6 is 0 Å².